The summed E-state index contributed by atoms with van der Waals surface area (Å²) in [5, 5.41) is 7.89. The molecule has 2 fully saturated rings. The Bertz CT molecular complexity index is 818. The van der Waals surface area contributed by atoms with E-state index < -0.39 is 0 Å². The van der Waals surface area contributed by atoms with Crippen molar-refractivity contribution in [3.63, 3.8) is 0 Å². The molecule has 0 bridgehead atoms. The highest BCUT2D eigenvalue weighted by molar-refractivity contribution is 5.87. The molecule has 142 valence electrons. The van der Waals surface area contributed by atoms with Crippen molar-refractivity contribution in [2.24, 2.45) is 0 Å². The molecule has 5 heteroatoms. The number of nitrogens with zero attached hydrogens (tertiary/aromatic N) is 3. The third kappa shape index (κ3) is 3.69. The largest absolute Gasteiger partial charge is 0.350 e. The summed E-state index contributed by atoms with van der Waals surface area (Å²) in [4.78, 5) is 15.1. The number of carbonyl (C=O) groups excluding carboxylic acids is 1. The standard InChI is InChI=1S/C22H28N4O/c1-3-11-26-16-19(17(2)24-26)15-25-12-9-22(10-13-25)14-20(21(27)23-22)18-7-5-4-6-8-18/h3-8,16,20H,1,9-15H2,2H3,(H,23,27)/t20-/m1/s1. The SMILES string of the molecule is C=CCn1cc(CN2CCC3(CC2)C[C@H](c2ccccc2)C(=O)N3)c(C)n1. The zero-order valence-electron chi connectivity index (χ0n) is 16.0. The molecule has 2 aliphatic rings. The highest BCUT2D eigenvalue weighted by Gasteiger charge is 2.46. The molecule has 2 aromatic rings. The first-order valence-electron chi connectivity index (χ1n) is 9.82. The number of nitrogens with one attached hydrogen (secondary N) is 1. The van der Waals surface area contributed by atoms with E-state index >= 15 is 0 Å². The van der Waals surface area contributed by atoms with Gasteiger partial charge in [-0.1, -0.05) is 36.4 Å². The lowest BCUT2D eigenvalue weighted by atomic mass is 9.82. The van der Waals surface area contributed by atoms with E-state index in [1.54, 1.807) is 0 Å². The van der Waals surface area contributed by atoms with Crippen LogP contribution in [0.25, 0.3) is 0 Å². The van der Waals surface area contributed by atoms with Gasteiger partial charge in [-0.05, 0) is 31.7 Å². The number of allylic oxidation sites excluding steroid dienone is 1. The summed E-state index contributed by atoms with van der Waals surface area (Å²) in [7, 11) is 0. The predicted molar refractivity (Wildman–Crippen MR) is 106 cm³/mol. The van der Waals surface area contributed by atoms with Crippen LogP contribution in [-0.4, -0.2) is 39.2 Å². The number of aromatic nitrogens is 2. The van der Waals surface area contributed by atoms with Gasteiger partial charge in [-0.15, -0.1) is 6.58 Å². The maximum Gasteiger partial charge on any atom is 0.228 e. The van der Waals surface area contributed by atoms with Crippen LogP contribution in [0.4, 0.5) is 0 Å². The summed E-state index contributed by atoms with van der Waals surface area (Å²) >= 11 is 0. The average molecular weight is 364 g/mol. The van der Waals surface area contributed by atoms with Gasteiger partial charge < -0.3 is 5.32 Å². The summed E-state index contributed by atoms with van der Waals surface area (Å²) in [5.41, 5.74) is 3.48. The van der Waals surface area contributed by atoms with E-state index in [-0.39, 0.29) is 17.4 Å². The zero-order valence-corrected chi connectivity index (χ0v) is 16.0. The Morgan fingerprint density at radius 1 is 1.30 bits per heavy atom. The number of aryl methyl sites for hydroxylation is 1. The minimum absolute atomic E-state index is 0.00266. The average Bonchev–Trinajstić information content (AvgIpc) is 3.18. The molecular weight excluding hydrogens is 336 g/mol. The number of benzene rings is 1. The Hall–Kier alpha value is -2.40. The molecule has 0 saturated carbocycles. The molecule has 1 atom stereocenters. The molecule has 27 heavy (non-hydrogen) atoms. The smallest absolute Gasteiger partial charge is 0.228 e. The monoisotopic (exact) mass is 364 g/mol. The third-order valence-corrected chi connectivity index (χ3v) is 6.07. The van der Waals surface area contributed by atoms with E-state index in [2.05, 4.69) is 47.1 Å². The number of likely N-dealkylation sites (tertiary alicyclic amines) is 1. The predicted octanol–water partition coefficient (Wildman–Crippen LogP) is 3.02. The van der Waals surface area contributed by atoms with Crippen LogP contribution in [0.3, 0.4) is 0 Å². The Labute approximate surface area is 161 Å². The lowest BCUT2D eigenvalue weighted by Gasteiger charge is -2.39. The molecule has 2 saturated heterocycles. The minimum Gasteiger partial charge on any atom is -0.350 e. The van der Waals surface area contributed by atoms with Gasteiger partial charge in [0.15, 0.2) is 0 Å². The van der Waals surface area contributed by atoms with E-state index in [4.69, 9.17) is 0 Å². The second-order valence-corrected chi connectivity index (χ2v) is 7.96. The van der Waals surface area contributed by atoms with Gasteiger partial charge in [0.05, 0.1) is 18.2 Å². The van der Waals surface area contributed by atoms with E-state index in [0.717, 1.165) is 56.7 Å². The van der Waals surface area contributed by atoms with Crippen molar-refractivity contribution in [3.8, 4) is 0 Å². The van der Waals surface area contributed by atoms with Crippen LogP contribution in [0, 0.1) is 6.92 Å². The first-order valence-corrected chi connectivity index (χ1v) is 9.82. The second kappa shape index (κ2) is 7.31. The van der Waals surface area contributed by atoms with Crippen molar-refractivity contribution in [2.45, 2.75) is 50.7 Å². The van der Waals surface area contributed by atoms with Crippen LogP contribution in [0.2, 0.25) is 0 Å². The molecule has 5 nitrogen and oxygen atoms in total. The Morgan fingerprint density at radius 2 is 2.04 bits per heavy atom. The summed E-state index contributed by atoms with van der Waals surface area (Å²) in [6.07, 6.45) is 6.95. The van der Waals surface area contributed by atoms with E-state index in [1.165, 1.54) is 5.56 Å². The quantitative estimate of drug-likeness (QED) is 0.830. The number of hydrogen-bond acceptors (Lipinski definition) is 3. The second-order valence-electron chi connectivity index (χ2n) is 7.96. The summed E-state index contributed by atoms with van der Waals surface area (Å²) in [5.74, 6) is 0.188. The van der Waals surface area contributed by atoms with E-state index in [0.29, 0.717) is 0 Å². The number of amides is 1. The van der Waals surface area contributed by atoms with Gasteiger partial charge in [-0.3, -0.25) is 14.4 Å². The molecule has 1 aromatic carbocycles. The highest BCUT2D eigenvalue weighted by atomic mass is 16.2. The van der Waals surface area contributed by atoms with Gasteiger partial charge in [0.25, 0.3) is 0 Å². The lowest BCUT2D eigenvalue weighted by molar-refractivity contribution is -0.121. The molecule has 0 radical (unpaired) electrons. The van der Waals surface area contributed by atoms with Gasteiger partial charge >= 0.3 is 0 Å². The first kappa shape index (κ1) is 18.0. The normalized spacial score (nSPS) is 22.1. The summed E-state index contributed by atoms with van der Waals surface area (Å²) in [6.45, 7) is 9.54. The van der Waals surface area contributed by atoms with E-state index in [1.807, 2.05) is 29.0 Å². The molecule has 1 spiro atoms. The maximum absolute atomic E-state index is 12.6. The lowest BCUT2D eigenvalue weighted by Crippen LogP contribution is -2.50. The van der Waals surface area contributed by atoms with Crippen molar-refractivity contribution in [2.75, 3.05) is 13.1 Å². The summed E-state index contributed by atoms with van der Waals surface area (Å²) in [6, 6.07) is 10.2. The first-order chi connectivity index (χ1) is 13.1. The van der Waals surface area contributed by atoms with Crippen molar-refractivity contribution >= 4 is 5.91 Å². The number of carbonyl (C=O) groups is 1. The van der Waals surface area contributed by atoms with Crippen molar-refractivity contribution in [1.82, 2.24) is 20.0 Å². The van der Waals surface area contributed by atoms with Gasteiger partial charge in [-0.25, -0.2) is 0 Å². The van der Waals surface area contributed by atoms with Gasteiger partial charge in [-0.2, -0.15) is 5.10 Å². The molecule has 4 rings (SSSR count). The van der Waals surface area contributed by atoms with Gasteiger partial charge in [0, 0.05) is 36.9 Å². The van der Waals surface area contributed by atoms with Crippen LogP contribution < -0.4 is 5.32 Å². The molecule has 0 aliphatic carbocycles. The molecule has 1 N–H and O–H groups in total. The Kier molecular flexibility index (Phi) is 4.87. The molecule has 2 aliphatic heterocycles. The highest BCUT2D eigenvalue weighted by Crippen LogP contribution is 2.39. The molecular formula is C22H28N4O. The fourth-order valence-electron chi connectivity index (χ4n) is 4.49. The Morgan fingerprint density at radius 3 is 2.74 bits per heavy atom. The Balaban J connectivity index is 1.38. The topological polar surface area (TPSA) is 50.2 Å². The number of piperidine rings is 1. The van der Waals surface area contributed by atoms with Crippen LogP contribution in [-0.2, 0) is 17.9 Å². The number of hydrogen-bond donors (Lipinski definition) is 1. The third-order valence-electron chi connectivity index (χ3n) is 6.07. The minimum atomic E-state index is -0.0316. The van der Waals surface area contributed by atoms with Gasteiger partial charge in [0.1, 0.15) is 0 Å². The van der Waals surface area contributed by atoms with E-state index in [9.17, 15) is 4.79 Å². The van der Waals surface area contributed by atoms with Crippen LogP contribution >= 0.6 is 0 Å². The maximum atomic E-state index is 12.6. The summed E-state index contributed by atoms with van der Waals surface area (Å²) < 4.78 is 1.95. The van der Waals surface area contributed by atoms with Crippen molar-refractivity contribution < 1.29 is 4.79 Å². The fraction of sp³-hybridized carbons (Fsp3) is 0.455. The van der Waals surface area contributed by atoms with Crippen LogP contribution in [0.15, 0.2) is 49.2 Å². The number of rotatable bonds is 5. The van der Waals surface area contributed by atoms with Gasteiger partial charge in [0.2, 0.25) is 5.91 Å². The van der Waals surface area contributed by atoms with Crippen molar-refractivity contribution in [3.05, 3.63) is 66.0 Å². The van der Waals surface area contributed by atoms with Crippen molar-refractivity contribution in [1.29, 1.82) is 0 Å². The molecule has 3 heterocycles. The fourth-order valence-corrected chi connectivity index (χ4v) is 4.49. The van der Waals surface area contributed by atoms with Crippen LogP contribution in [0.5, 0.6) is 0 Å². The molecule has 0 unspecified atom stereocenters. The zero-order chi connectivity index (χ0) is 18.9. The molecule has 1 aromatic heterocycles. The van der Waals surface area contributed by atoms with Crippen LogP contribution in [0.1, 0.15) is 42.0 Å². The molecule has 1 amide bonds.